The molecule has 98 valence electrons. The summed E-state index contributed by atoms with van der Waals surface area (Å²) in [4.78, 5) is 21.4. The first-order chi connectivity index (χ1) is 8.93. The second-order valence-electron chi connectivity index (χ2n) is 3.71. The number of hydrogen-bond acceptors (Lipinski definition) is 4. The van der Waals surface area contributed by atoms with Crippen molar-refractivity contribution in [2.75, 3.05) is 0 Å². The third-order valence-corrected chi connectivity index (χ3v) is 3.50. The van der Waals surface area contributed by atoms with E-state index in [9.17, 15) is 14.9 Å². The molecule has 0 spiro atoms. The van der Waals surface area contributed by atoms with E-state index in [2.05, 4.69) is 21.0 Å². The fraction of sp³-hybridized carbons (Fsp3) is 0.0909. The maximum Gasteiger partial charge on any atom is 0.357 e. The van der Waals surface area contributed by atoms with Crippen LogP contribution in [0.2, 0.25) is 0 Å². The van der Waals surface area contributed by atoms with Gasteiger partial charge in [0.05, 0.1) is 15.1 Å². The molecule has 0 amide bonds. The number of carbonyl (C=O) groups is 1. The first kappa shape index (κ1) is 13.2. The maximum atomic E-state index is 11.0. The summed E-state index contributed by atoms with van der Waals surface area (Å²) in [6.07, 6.45) is 0. The Morgan fingerprint density at radius 1 is 1.47 bits per heavy atom. The molecule has 0 saturated carbocycles. The fourth-order valence-corrected chi connectivity index (χ4v) is 2.07. The van der Waals surface area contributed by atoms with Gasteiger partial charge in [0.15, 0.2) is 5.69 Å². The molecule has 0 aliphatic carbocycles. The number of benzene rings is 1. The van der Waals surface area contributed by atoms with Crippen LogP contribution in [0.3, 0.4) is 0 Å². The van der Waals surface area contributed by atoms with Crippen molar-refractivity contribution >= 4 is 27.6 Å². The molecule has 0 saturated heterocycles. The van der Waals surface area contributed by atoms with Gasteiger partial charge in [-0.2, -0.15) is 5.10 Å². The van der Waals surface area contributed by atoms with Crippen LogP contribution in [0, 0.1) is 17.0 Å². The van der Waals surface area contributed by atoms with Gasteiger partial charge in [0.1, 0.15) is 5.69 Å². The number of nitrogens with zero attached hydrogens (tertiary/aromatic N) is 3. The molecule has 0 aliphatic heterocycles. The average Bonchev–Trinajstić information content (AvgIpc) is 2.66. The first-order valence-corrected chi connectivity index (χ1v) is 5.95. The number of halogens is 1. The monoisotopic (exact) mass is 325 g/mol. The molecule has 0 aliphatic rings. The van der Waals surface area contributed by atoms with E-state index in [1.165, 1.54) is 22.9 Å². The van der Waals surface area contributed by atoms with Crippen molar-refractivity contribution in [3.05, 3.63) is 50.2 Å². The molecule has 1 N–H and O–H groups in total. The van der Waals surface area contributed by atoms with E-state index in [0.717, 1.165) is 0 Å². The van der Waals surface area contributed by atoms with Gasteiger partial charge in [-0.15, -0.1) is 0 Å². The van der Waals surface area contributed by atoms with E-state index in [-0.39, 0.29) is 17.1 Å². The Morgan fingerprint density at radius 2 is 2.11 bits per heavy atom. The lowest BCUT2D eigenvalue weighted by molar-refractivity contribution is -0.384. The molecule has 1 aromatic heterocycles. The predicted molar refractivity (Wildman–Crippen MR) is 69.6 cm³/mol. The normalized spacial score (nSPS) is 10.4. The van der Waals surface area contributed by atoms with Crippen LogP contribution in [0.4, 0.5) is 5.69 Å². The van der Waals surface area contributed by atoms with Crippen LogP contribution < -0.4 is 0 Å². The molecular formula is C11H8BrN3O4. The Morgan fingerprint density at radius 3 is 2.63 bits per heavy atom. The number of para-hydroxylation sites is 2. The Labute approximate surface area is 115 Å². The highest BCUT2D eigenvalue weighted by molar-refractivity contribution is 9.10. The van der Waals surface area contributed by atoms with Crippen LogP contribution in [0.25, 0.3) is 5.69 Å². The summed E-state index contributed by atoms with van der Waals surface area (Å²) in [6.45, 7) is 1.63. The van der Waals surface area contributed by atoms with Crippen molar-refractivity contribution in [2.45, 2.75) is 6.92 Å². The lowest BCUT2D eigenvalue weighted by Gasteiger charge is -2.04. The predicted octanol–water partition coefficient (Wildman–Crippen LogP) is 2.55. The molecule has 0 radical (unpaired) electrons. The van der Waals surface area contributed by atoms with Crippen molar-refractivity contribution in [2.24, 2.45) is 0 Å². The number of rotatable bonds is 3. The average molecular weight is 326 g/mol. The molecule has 0 bridgehead atoms. The van der Waals surface area contributed by atoms with Crippen LogP contribution in [-0.4, -0.2) is 25.8 Å². The smallest absolute Gasteiger partial charge is 0.357 e. The Kier molecular flexibility index (Phi) is 3.34. The quantitative estimate of drug-likeness (QED) is 0.690. The lowest BCUT2D eigenvalue weighted by atomic mass is 10.2. The van der Waals surface area contributed by atoms with E-state index < -0.39 is 10.9 Å². The summed E-state index contributed by atoms with van der Waals surface area (Å²) < 4.78 is 1.55. The van der Waals surface area contributed by atoms with Gasteiger partial charge in [-0.1, -0.05) is 12.1 Å². The van der Waals surface area contributed by atoms with E-state index >= 15 is 0 Å². The third kappa shape index (κ3) is 2.22. The van der Waals surface area contributed by atoms with Gasteiger partial charge in [-0.25, -0.2) is 9.48 Å². The summed E-state index contributed by atoms with van der Waals surface area (Å²) in [6, 6.07) is 6.01. The van der Waals surface area contributed by atoms with Crippen molar-refractivity contribution in [3.63, 3.8) is 0 Å². The molecule has 0 atom stereocenters. The Hall–Kier alpha value is -2.22. The molecule has 2 aromatic rings. The van der Waals surface area contributed by atoms with Crippen molar-refractivity contribution in [1.29, 1.82) is 0 Å². The first-order valence-electron chi connectivity index (χ1n) is 5.15. The summed E-state index contributed by atoms with van der Waals surface area (Å²) in [7, 11) is 0. The molecule has 19 heavy (non-hydrogen) atoms. The summed E-state index contributed by atoms with van der Waals surface area (Å²) in [5, 5.41) is 23.8. The van der Waals surface area contributed by atoms with Gasteiger partial charge in [0.25, 0.3) is 5.69 Å². The topological polar surface area (TPSA) is 98.3 Å². The van der Waals surface area contributed by atoms with Gasteiger partial charge in [-0.3, -0.25) is 10.1 Å². The van der Waals surface area contributed by atoms with Crippen LogP contribution in [-0.2, 0) is 0 Å². The second kappa shape index (κ2) is 4.81. The molecule has 0 unspecified atom stereocenters. The molecular weight excluding hydrogens is 318 g/mol. The molecule has 2 rings (SSSR count). The van der Waals surface area contributed by atoms with Crippen LogP contribution in [0.5, 0.6) is 0 Å². The van der Waals surface area contributed by atoms with Gasteiger partial charge in [-0.05, 0) is 28.9 Å². The standard InChI is InChI=1S/C11H8BrN3O4/c1-6-9(12)10(11(16)17)13-14(6)7-4-2-3-5-8(7)15(18)19/h2-5H,1H3,(H,16,17). The van der Waals surface area contributed by atoms with E-state index in [0.29, 0.717) is 10.2 Å². The highest BCUT2D eigenvalue weighted by atomic mass is 79.9. The minimum absolute atomic E-state index is 0.141. The number of nitro benzene ring substituents is 1. The van der Waals surface area contributed by atoms with Crippen LogP contribution in [0.1, 0.15) is 16.2 Å². The van der Waals surface area contributed by atoms with E-state index in [1.807, 2.05) is 0 Å². The number of hydrogen-bond donors (Lipinski definition) is 1. The molecule has 1 aromatic carbocycles. The Balaban J connectivity index is 2.70. The third-order valence-electron chi connectivity index (χ3n) is 2.55. The van der Waals surface area contributed by atoms with Crippen molar-refractivity contribution in [1.82, 2.24) is 9.78 Å². The summed E-state index contributed by atoms with van der Waals surface area (Å²) in [5.41, 5.74) is 0.373. The number of aromatic nitrogens is 2. The number of carboxylic acids is 1. The number of carboxylic acid groups (broad SMARTS) is 1. The zero-order valence-corrected chi connectivity index (χ0v) is 11.3. The van der Waals surface area contributed by atoms with Crippen LogP contribution >= 0.6 is 15.9 Å². The van der Waals surface area contributed by atoms with Gasteiger partial charge in [0.2, 0.25) is 0 Å². The van der Waals surface area contributed by atoms with Gasteiger partial charge in [0, 0.05) is 6.07 Å². The second-order valence-corrected chi connectivity index (χ2v) is 4.50. The summed E-state index contributed by atoms with van der Waals surface area (Å²) in [5.74, 6) is -1.20. The van der Waals surface area contributed by atoms with Crippen molar-refractivity contribution in [3.8, 4) is 5.69 Å². The molecule has 0 fully saturated rings. The lowest BCUT2D eigenvalue weighted by Crippen LogP contribution is -2.05. The molecule has 7 nitrogen and oxygen atoms in total. The largest absolute Gasteiger partial charge is 0.476 e. The maximum absolute atomic E-state index is 11.0. The highest BCUT2D eigenvalue weighted by Crippen LogP contribution is 2.28. The number of aromatic carboxylic acids is 1. The Bertz CT molecular complexity index is 681. The molecule has 1 heterocycles. The SMILES string of the molecule is Cc1c(Br)c(C(=O)O)nn1-c1ccccc1[N+](=O)[O-]. The van der Waals surface area contributed by atoms with Gasteiger partial charge < -0.3 is 5.11 Å². The minimum Gasteiger partial charge on any atom is -0.476 e. The van der Waals surface area contributed by atoms with E-state index in [4.69, 9.17) is 5.11 Å². The fourth-order valence-electron chi connectivity index (χ4n) is 1.65. The molecule has 8 heteroatoms. The van der Waals surface area contributed by atoms with Crippen LogP contribution in [0.15, 0.2) is 28.7 Å². The van der Waals surface area contributed by atoms with Gasteiger partial charge >= 0.3 is 5.97 Å². The number of nitro groups is 1. The van der Waals surface area contributed by atoms with Crippen molar-refractivity contribution < 1.29 is 14.8 Å². The zero-order valence-electron chi connectivity index (χ0n) is 9.70. The minimum atomic E-state index is -1.20. The van der Waals surface area contributed by atoms with E-state index in [1.54, 1.807) is 13.0 Å². The highest BCUT2D eigenvalue weighted by Gasteiger charge is 2.23. The summed E-state index contributed by atoms with van der Waals surface area (Å²) >= 11 is 3.13. The zero-order chi connectivity index (χ0) is 14.2.